The second-order valence-corrected chi connectivity index (χ2v) is 9.18. The van der Waals surface area contributed by atoms with Gasteiger partial charge in [-0.3, -0.25) is 14.5 Å². The van der Waals surface area contributed by atoms with E-state index < -0.39 is 0 Å². The van der Waals surface area contributed by atoms with Crippen molar-refractivity contribution in [2.45, 2.75) is 57.5 Å². The lowest BCUT2D eigenvalue weighted by Crippen LogP contribution is -2.55. The predicted octanol–water partition coefficient (Wildman–Crippen LogP) is 1.74. The van der Waals surface area contributed by atoms with Crippen molar-refractivity contribution in [3.63, 3.8) is 0 Å². The molecule has 31 heavy (non-hydrogen) atoms. The zero-order chi connectivity index (χ0) is 21.8. The number of amides is 2. The molecule has 4 rings (SSSR count). The fourth-order valence-corrected chi connectivity index (χ4v) is 4.78. The molecule has 3 aliphatic rings. The summed E-state index contributed by atoms with van der Waals surface area (Å²) in [5.74, 6) is 1.23. The normalized spacial score (nSPS) is 22.5. The molecule has 1 aromatic rings. The van der Waals surface area contributed by atoms with E-state index in [-0.39, 0.29) is 11.8 Å². The molecule has 0 N–H and O–H groups in total. The molecule has 1 atom stereocenters. The quantitative estimate of drug-likeness (QED) is 0.657. The molecule has 170 valence electrons. The summed E-state index contributed by atoms with van der Waals surface area (Å²) in [4.78, 5) is 40.2. The van der Waals surface area contributed by atoms with E-state index >= 15 is 0 Å². The maximum Gasteiger partial charge on any atom is 0.256 e. The van der Waals surface area contributed by atoms with Gasteiger partial charge < -0.3 is 14.5 Å². The topological polar surface area (TPSA) is 78.9 Å². The molecule has 0 spiro atoms. The lowest BCUT2D eigenvalue weighted by molar-refractivity contribution is -0.135. The first-order valence-corrected chi connectivity index (χ1v) is 11.7. The van der Waals surface area contributed by atoms with Crippen LogP contribution in [0.5, 0.6) is 0 Å². The summed E-state index contributed by atoms with van der Waals surface area (Å²) in [5, 5.41) is 0. The van der Waals surface area contributed by atoms with Crippen LogP contribution in [0.3, 0.4) is 0 Å². The van der Waals surface area contributed by atoms with E-state index in [4.69, 9.17) is 4.74 Å². The molecule has 3 heterocycles. The van der Waals surface area contributed by atoms with Gasteiger partial charge in [-0.2, -0.15) is 0 Å². The van der Waals surface area contributed by atoms with Crippen molar-refractivity contribution in [3.8, 4) is 0 Å². The van der Waals surface area contributed by atoms with Crippen molar-refractivity contribution in [2.24, 2.45) is 5.92 Å². The number of carbonyl (C=O) groups excluding carboxylic acids is 2. The Morgan fingerprint density at radius 2 is 1.77 bits per heavy atom. The van der Waals surface area contributed by atoms with Crippen LogP contribution in [0.25, 0.3) is 0 Å². The zero-order valence-electron chi connectivity index (χ0n) is 18.8. The number of likely N-dealkylation sites (tertiary alicyclic amines) is 1. The third kappa shape index (κ3) is 5.60. The average Bonchev–Trinajstić information content (AvgIpc) is 3.65. The molecule has 2 saturated heterocycles. The van der Waals surface area contributed by atoms with Crippen molar-refractivity contribution in [3.05, 3.63) is 23.8 Å². The van der Waals surface area contributed by atoms with E-state index in [0.29, 0.717) is 35.9 Å². The maximum atomic E-state index is 12.8. The van der Waals surface area contributed by atoms with Gasteiger partial charge in [0.05, 0.1) is 5.56 Å². The minimum atomic E-state index is -0.0545. The number of hydrogen-bond acceptors (Lipinski definition) is 6. The Bertz CT molecular complexity index is 761. The second-order valence-electron chi connectivity index (χ2n) is 9.18. The number of aromatic nitrogens is 2. The Morgan fingerprint density at radius 1 is 1.06 bits per heavy atom. The number of aryl methyl sites for hydroxylation is 1. The van der Waals surface area contributed by atoms with Gasteiger partial charge in [-0.15, -0.1) is 0 Å². The van der Waals surface area contributed by atoms with Crippen LogP contribution in [0.15, 0.2) is 12.4 Å². The molecule has 1 saturated carbocycles. The third-order valence-electron chi connectivity index (χ3n) is 6.83. The Morgan fingerprint density at radius 3 is 2.45 bits per heavy atom. The van der Waals surface area contributed by atoms with Gasteiger partial charge in [0.2, 0.25) is 5.91 Å². The van der Waals surface area contributed by atoms with E-state index in [1.54, 1.807) is 17.3 Å². The van der Waals surface area contributed by atoms with Crippen molar-refractivity contribution < 1.29 is 14.3 Å². The number of hydrogen-bond donors (Lipinski definition) is 0. The van der Waals surface area contributed by atoms with Gasteiger partial charge in [-0.1, -0.05) is 0 Å². The Kier molecular flexibility index (Phi) is 7.17. The summed E-state index contributed by atoms with van der Waals surface area (Å²) in [6.45, 7) is 6.52. The molecule has 8 heteroatoms. The highest BCUT2D eigenvalue weighted by molar-refractivity contribution is 5.93. The molecule has 1 unspecified atom stereocenters. The third-order valence-corrected chi connectivity index (χ3v) is 6.83. The molecule has 2 aliphatic heterocycles. The molecule has 0 radical (unpaired) electrons. The van der Waals surface area contributed by atoms with Crippen molar-refractivity contribution in [2.75, 3.05) is 46.4 Å². The number of likely N-dealkylation sites (N-methyl/N-ethyl adjacent to an activating group) is 1. The fourth-order valence-electron chi connectivity index (χ4n) is 4.78. The molecule has 3 fully saturated rings. The average molecular weight is 430 g/mol. The van der Waals surface area contributed by atoms with Crippen LogP contribution >= 0.6 is 0 Å². The van der Waals surface area contributed by atoms with E-state index in [1.165, 1.54) is 0 Å². The Labute approximate surface area is 185 Å². The van der Waals surface area contributed by atoms with Crippen LogP contribution < -0.4 is 0 Å². The number of piperidine rings is 1. The SMILES string of the molecule is Cc1ncc(C(=O)N(C)CCN(C2CCOCC2)C2CCCN(C(=O)C3CC3)C2)cn1. The van der Waals surface area contributed by atoms with Crippen LogP contribution in [-0.4, -0.2) is 95.0 Å². The summed E-state index contributed by atoms with van der Waals surface area (Å²) >= 11 is 0. The Hall–Kier alpha value is -2.06. The van der Waals surface area contributed by atoms with Gasteiger partial charge in [-0.05, 0) is 45.4 Å². The highest BCUT2D eigenvalue weighted by Gasteiger charge is 2.38. The first-order chi connectivity index (χ1) is 15.0. The number of carbonyl (C=O) groups is 2. The molecular weight excluding hydrogens is 394 g/mol. The van der Waals surface area contributed by atoms with Crippen molar-refractivity contribution in [1.29, 1.82) is 0 Å². The zero-order valence-corrected chi connectivity index (χ0v) is 18.8. The minimum absolute atomic E-state index is 0.0545. The molecule has 0 bridgehead atoms. The standard InChI is InChI=1S/C23H35N5O3/c1-17-24-14-19(15-25-17)22(29)26(2)10-11-28(20-7-12-31-13-8-20)21-4-3-9-27(16-21)23(30)18-5-6-18/h14-15,18,20-21H,3-13,16H2,1-2H3. The molecule has 1 aromatic heterocycles. The first kappa shape index (κ1) is 22.1. The minimum Gasteiger partial charge on any atom is -0.381 e. The van der Waals surface area contributed by atoms with Crippen LogP contribution in [0, 0.1) is 12.8 Å². The molecule has 0 aromatic carbocycles. The molecule has 1 aliphatic carbocycles. The monoisotopic (exact) mass is 429 g/mol. The van der Waals surface area contributed by atoms with Gasteiger partial charge in [0.25, 0.3) is 5.91 Å². The molecule has 2 amide bonds. The van der Waals surface area contributed by atoms with Crippen LogP contribution in [0.4, 0.5) is 0 Å². The van der Waals surface area contributed by atoms with Crippen LogP contribution in [0.1, 0.15) is 54.7 Å². The maximum absolute atomic E-state index is 12.8. The van der Waals surface area contributed by atoms with Gasteiger partial charge in [-0.25, -0.2) is 9.97 Å². The number of nitrogens with zero attached hydrogens (tertiary/aromatic N) is 5. The van der Waals surface area contributed by atoms with Gasteiger partial charge >= 0.3 is 0 Å². The molecule has 8 nitrogen and oxygen atoms in total. The smallest absolute Gasteiger partial charge is 0.256 e. The molecular formula is C23H35N5O3. The lowest BCUT2D eigenvalue weighted by atomic mass is 9.98. The van der Waals surface area contributed by atoms with Gasteiger partial charge in [0, 0.05) is 76.8 Å². The van der Waals surface area contributed by atoms with E-state index in [0.717, 1.165) is 71.4 Å². The number of rotatable bonds is 7. The second kappa shape index (κ2) is 10.0. The largest absolute Gasteiger partial charge is 0.381 e. The first-order valence-electron chi connectivity index (χ1n) is 11.7. The summed E-state index contributed by atoms with van der Waals surface area (Å²) in [6, 6.07) is 0.798. The van der Waals surface area contributed by atoms with Gasteiger partial charge in [0.15, 0.2) is 0 Å². The van der Waals surface area contributed by atoms with Crippen molar-refractivity contribution >= 4 is 11.8 Å². The highest BCUT2D eigenvalue weighted by Crippen LogP contribution is 2.33. The summed E-state index contributed by atoms with van der Waals surface area (Å²) < 4.78 is 5.60. The fraction of sp³-hybridized carbons (Fsp3) is 0.739. The van der Waals surface area contributed by atoms with Crippen molar-refractivity contribution in [1.82, 2.24) is 24.7 Å². The highest BCUT2D eigenvalue weighted by atomic mass is 16.5. The lowest BCUT2D eigenvalue weighted by Gasteiger charge is -2.44. The summed E-state index contributed by atoms with van der Waals surface area (Å²) in [6.07, 6.45) is 9.49. The van der Waals surface area contributed by atoms with Crippen LogP contribution in [0.2, 0.25) is 0 Å². The predicted molar refractivity (Wildman–Crippen MR) is 117 cm³/mol. The summed E-state index contributed by atoms with van der Waals surface area (Å²) in [5.41, 5.74) is 0.518. The van der Waals surface area contributed by atoms with E-state index in [9.17, 15) is 9.59 Å². The van der Waals surface area contributed by atoms with Crippen LogP contribution in [-0.2, 0) is 9.53 Å². The summed E-state index contributed by atoms with van der Waals surface area (Å²) in [7, 11) is 1.84. The van der Waals surface area contributed by atoms with Gasteiger partial charge in [0.1, 0.15) is 5.82 Å². The Balaban J connectivity index is 1.40. The van der Waals surface area contributed by atoms with E-state index in [1.807, 2.05) is 14.0 Å². The number of ether oxygens (including phenoxy) is 1. The van der Waals surface area contributed by atoms with E-state index in [2.05, 4.69) is 19.8 Å².